The van der Waals surface area contributed by atoms with Crippen LogP contribution in [0.4, 0.5) is 0 Å². The van der Waals surface area contributed by atoms with Gasteiger partial charge in [-0.3, -0.25) is 4.79 Å². The van der Waals surface area contributed by atoms with Crippen LogP contribution in [-0.2, 0) is 4.74 Å². The van der Waals surface area contributed by atoms with Crippen LogP contribution >= 0.6 is 22.6 Å². The average molecular weight is 445 g/mol. The van der Waals surface area contributed by atoms with Crippen LogP contribution in [0.2, 0.25) is 0 Å². The zero-order valence-electron chi connectivity index (χ0n) is 14.8. The van der Waals surface area contributed by atoms with Gasteiger partial charge >= 0.3 is 0 Å². The quantitative estimate of drug-likeness (QED) is 0.236. The molecule has 0 unspecified atom stereocenters. The summed E-state index contributed by atoms with van der Waals surface area (Å²) in [6, 6.07) is 7.33. The van der Waals surface area contributed by atoms with Crippen molar-refractivity contribution >= 4 is 28.4 Å². The summed E-state index contributed by atoms with van der Waals surface area (Å²) in [6.45, 7) is 4.36. The number of allylic oxidation sites excluding steroid dienone is 1. The molecule has 24 heavy (non-hydrogen) atoms. The van der Waals surface area contributed by atoms with Crippen molar-refractivity contribution < 1.29 is 14.3 Å². The predicted molar refractivity (Wildman–Crippen MR) is 107 cm³/mol. The molecule has 1 aromatic carbocycles. The summed E-state index contributed by atoms with van der Waals surface area (Å²) in [6.07, 6.45) is 3.93. The van der Waals surface area contributed by atoms with Crippen molar-refractivity contribution in [1.82, 2.24) is 0 Å². The van der Waals surface area contributed by atoms with Crippen LogP contribution in [-0.4, -0.2) is 30.0 Å². The number of hydrogen-bond donors (Lipinski definition) is 1. The number of methoxy groups -OCH3 is 1. The van der Waals surface area contributed by atoms with Gasteiger partial charge in [0, 0.05) is 30.4 Å². The van der Waals surface area contributed by atoms with Gasteiger partial charge in [-0.05, 0) is 54.9 Å². The Morgan fingerprint density at radius 1 is 1.29 bits per heavy atom. The van der Waals surface area contributed by atoms with E-state index < -0.39 is 0 Å². The molecule has 0 aliphatic rings. The average Bonchev–Trinajstić information content (AvgIpc) is 2.59. The number of hydrogen-bond acceptors (Lipinski definition) is 4. The van der Waals surface area contributed by atoms with E-state index in [9.17, 15) is 4.79 Å². The highest BCUT2D eigenvalue weighted by Crippen LogP contribution is 2.20. The van der Waals surface area contributed by atoms with E-state index in [2.05, 4.69) is 29.5 Å². The number of benzene rings is 1. The van der Waals surface area contributed by atoms with Crippen LogP contribution in [0.1, 0.15) is 49.9 Å². The molecular weight excluding hydrogens is 417 g/mol. The molecule has 0 aliphatic heterocycles. The van der Waals surface area contributed by atoms with Crippen molar-refractivity contribution in [2.45, 2.75) is 45.6 Å². The number of carbonyl (C=O) groups is 1. The lowest BCUT2D eigenvalue weighted by molar-refractivity contribution is 0.102. The zero-order valence-corrected chi connectivity index (χ0v) is 17.0. The summed E-state index contributed by atoms with van der Waals surface area (Å²) >= 11 is 2.38. The van der Waals surface area contributed by atoms with Gasteiger partial charge in [-0.15, -0.1) is 0 Å². The third-order valence-corrected chi connectivity index (χ3v) is 4.60. The van der Waals surface area contributed by atoms with E-state index in [1.807, 2.05) is 12.1 Å². The van der Waals surface area contributed by atoms with Crippen LogP contribution in [0.5, 0.6) is 5.75 Å². The van der Waals surface area contributed by atoms with Gasteiger partial charge in [0.2, 0.25) is 0 Å². The van der Waals surface area contributed by atoms with Gasteiger partial charge in [-0.2, -0.15) is 0 Å². The van der Waals surface area contributed by atoms with Crippen LogP contribution in [0.15, 0.2) is 35.5 Å². The Balaban J connectivity index is 2.78. The molecular formula is C19H28INO3. The Hall–Kier alpha value is -1.08. The first-order valence-electron chi connectivity index (χ1n) is 8.35. The molecule has 0 heterocycles. The van der Waals surface area contributed by atoms with Gasteiger partial charge < -0.3 is 15.2 Å². The Morgan fingerprint density at radius 3 is 2.46 bits per heavy atom. The Kier molecular flexibility index (Phi) is 10.0. The lowest BCUT2D eigenvalue weighted by atomic mass is 9.99. The summed E-state index contributed by atoms with van der Waals surface area (Å²) in [4.78, 5) is 12.6. The van der Waals surface area contributed by atoms with Gasteiger partial charge in [0.25, 0.3) is 0 Å². The maximum atomic E-state index is 12.6. The highest BCUT2D eigenvalue weighted by Gasteiger charge is 2.15. The fourth-order valence-electron chi connectivity index (χ4n) is 2.40. The number of carbonyl (C=O) groups excluding carboxylic acids is 1. The summed E-state index contributed by atoms with van der Waals surface area (Å²) in [5.41, 5.74) is 7.63. The fraction of sp³-hybridized carbons (Fsp3) is 0.526. The number of halogens is 1. The van der Waals surface area contributed by atoms with Gasteiger partial charge in [0.15, 0.2) is 5.78 Å². The Labute approximate surface area is 158 Å². The molecule has 0 saturated carbocycles. The number of nitrogens with two attached hydrogens (primary N) is 1. The molecule has 0 bridgehead atoms. The maximum Gasteiger partial charge on any atom is 0.190 e. The summed E-state index contributed by atoms with van der Waals surface area (Å²) < 4.78 is 12.2. The molecule has 0 aromatic heterocycles. The van der Waals surface area contributed by atoms with E-state index in [-0.39, 0.29) is 11.9 Å². The highest BCUT2D eigenvalue weighted by molar-refractivity contribution is 14.1. The number of ether oxygens (including phenoxy) is 2. The smallest absolute Gasteiger partial charge is 0.190 e. The molecule has 0 amide bonds. The van der Waals surface area contributed by atoms with E-state index in [1.165, 1.54) is 0 Å². The monoisotopic (exact) mass is 445 g/mol. The first-order chi connectivity index (χ1) is 11.5. The van der Waals surface area contributed by atoms with Crippen molar-refractivity contribution in [3.05, 3.63) is 41.1 Å². The Morgan fingerprint density at radius 2 is 1.96 bits per heavy atom. The first-order valence-corrected chi connectivity index (χ1v) is 9.87. The largest absolute Gasteiger partial charge is 0.490 e. The molecule has 0 radical (unpaired) electrons. The number of alkyl halides is 1. The van der Waals surface area contributed by atoms with E-state index in [0.29, 0.717) is 29.9 Å². The molecule has 5 heteroatoms. The molecule has 1 atom stereocenters. The van der Waals surface area contributed by atoms with Crippen molar-refractivity contribution in [3.8, 4) is 5.75 Å². The van der Waals surface area contributed by atoms with E-state index in [0.717, 1.165) is 29.4 Å². The van der Waals surface area contributed by atoms with Crippen LogP contribution in [0.3, 0.4) is 0 Å². The summed E-state index contributed by atoms with van der Waals surface area (Å²) in [5.74, 6) is 0.759. The fourth-order valence-corrected chi connectivity index (χ4v) is 2.84. The molecule has 0 spiro atoms. The van der Waals surface area contributed by atoms with E-state index in [4.69, 9.17) is 15.2 Å². The van der Waals surface area contributed by atoms with Crippen LogP contribution in [0.25, 0.3) is 0 Å². The van der Waals surface area contributed by atoms with Gasteiger partial charge in [0.1, 0.15) is 5.75 Å². The number of rotatable bonds is 11. The molecule has 134 valence electrons. The van der Waals surface area contributed by atoms with Crippen molar-refractivity contribution in [2.24, 2.45) is 5.73 Å². The second-order valence-electron chi connectivity index (χ2n) is 5.74. The zero-order chi connectivity index (χ0) is 17.9. The number of Topliss-reactive ketones (excluding diaryl/α,β-unsaturated/α-hetero) is 1. The van der Waals surface area contributed by atoms with Gasteiger partial charge in [-0.25, -0.2) is 0 Å². The lowest BCUT2D eigenvalue weighted by Gasteiger charge is -2.17. The minimum Gasteiger partial charge on any atom is -0.490 e. The van der Waals surface area contributed by atoms with Crippen LogP contribution in [0, 0.1) is 0 Å². The summed E-state index contributed by atoms with van der Waals surface area (Å²) in [7, 11) is 1.61. The molecule has 2 N–H and O–H groups in total. The third-order valence-electron chi connectivity index (χ3n) is 3.84. The van der Waals surface area contributed by atoms with Gasteiger partial charge in [0.05, 0.1) is 12.7 Å². The van der Waals surface area contributed by atoms with Crippen molar-refractivity contribution in [3.63, 3.8) is 0 Å². The standard InChI is InChI=1S/C19H28INO3/c1-4-16(6-5-12-20)24-17-9-7-15(8-10-17)19(22)18(14(2)21)11-13-23-3/h7-10,16H,4-6,11-13,21H2,1-3H3/t16-/m1/s1. The molecule has 1 aromatic rings. The second-order valence-corrected chi connectivity index (χ2v) is 6.82. The summed E-state index contributed by atoms with van der Waals surface area (Å²) in [5, 5.41) is 0. The maximum absolute atomic E-state index is 12.6. The minimum atomic E-state index is -0.0458. The Bertz CT molecular complexity index is 536. The minimum absolute atomic E-state index is 0.0458. The molecule has 0 aliphatic carbocycles. The molecule has 4 nitrogen and oxygen atoms in total. The second kappa shape index (κ2) is 11.5. The molecule has 0 fully saturated rings. The van der Waals surface area contributed by atoms with Crippen molar-refractivity contribution in [1.29, 1.82) is 0 Å². The highest BCUT2D eigenvalue weighted by atomic mass is 127. The van der Waals surface area contributed by atoms with Crippen molar-refractivity contribution in [2.75, 3.05) is 18.1 Å². The lowest BCUT2D eigenvalue weighted by Crippen LogP contribution is -2.15. The third kappa shape index (κ3) is 6.81. The van der Waals surface area contributed by atoms with E-state index >= 15 is 0 Å². The number of ketones is 1. The van der Waals surface area contributed by atoms with E-state index in [1.54, 1.807) is 26.2 Å². The SMILES string of the molecule is CC[C@H](CCCI)Oc1ccc(C(=O)C(CCOC)=C(C)N)cc1. The predicted octanol–water partition coefficient (Wildman–Crippen LogP) is 4.51. The normalized spacial score (nSPS) is 13.3. The molecule has 1 rings (SSSR count). The first kappa shape index (κ1) is 21.0. The molecule has 0 saturated heterocycles. The van der Waals surface area contributed by atoms with Gasteiger partial charge in [-0.1, -0.05) is 29.5 Å². The topological polar surface area (TPSA) is 61.5 Å². The van der Waals surface area contributed by atoms with Crippen LogP contribution < -0.4 is 10.5 Å².